The normalized spacial score (nSPS) is 12.2. The van der Waals surface area contributed by atoms with Crippen molar-refractivity contribution in [2.75, 3.05) is 6.61 Å². The molecule has 0 bridgehead atoms. The van der Waals surface area contributed by atoms with Crippen LogP contribution in [0.25, 0.3) is 0 Å². The minimum atomic E-state index is -0.298. The lowest BCUT2D eigenvalue weighted by Crippen LogP contribution is -2.11. The molecule has 0 radical (unpaired) electrons. The van der Waals surface area contributed by atoms with Crippen molar-refractivity contribution in [3.63, 3.8) is 0 Å². The van der Waals surface area contributed by atoms with E-state index >= 15 is 0 Å². The van der Waals surface area contributed by atoms with E-state index in [4.69, 9.17) is 4.74 Å². The van der Waals surface area contributed by atoms with Crippen LogP contribution in [-0.2, 0) is 0 Å². The van der Waals surface area contributed by atoms with Gasteiger partial charge in [0.05, 0.1) is 0 Å². The number of aryl methyl sites for hydroxylation is 1. The molecule has 1 aromatic rings. The standard InChI is InChI=1S/C10H12INO2/c1-7-5-9(11)3-4-10(7)14-6-8(2)12-13/h3-5,8H,6H2,1-2H3. The first-order chi connectivity index (χ1) is 6.63. The molecule has 1 aromatic carbocycles. The highest BCUT2D eigenvalue weighted by atomic mass is 127. The van der Waals surface area contributed by atoms with Gasteiger partial charge in [0.1, 0.15) is 18.4 Å². The molecule has 1 atom stereocenters. The molecule has 0 saturated heterocycles. The highest BCUT2D eigenvalue weighted by Crippen LogP contribution is 2.20. The van der Waals surface area contributed by atoms with Crippen molar-refractivity contribution in [3.05, 3.63) is 32.2 Å². The fourth-order valence-electron chi connectivity index (χ4n) is 1.02. The minimum Gasteiger partial charge on any atom is -0.491 e. The molecule has 0 fully saturated rings. The topological polar surface area (TPSA) is 38.7 Å². The Morgan fingerprint density at radius 3 is 2.86 bits per heavy atom. The summed E-state index contributed by atoms with van der Waals surface area (Å²) in [6, 6.07) is 5.62. The minimum absolute atomic E-state index is 0.298. The smallest absolute Gasteiger partial charge is 0.123 e. The van der Waals surface area contributed by atoms with Gasteiger partial charge < -0.3 is 4.74 Å². The van der Waals surface area contributed by atoms with Gasteiger partial charge in [0, 0.05) is 3.57 Å². The molecule has 0 aliphatic heterocycles. The van der Waals surface area contributed by atoms with Crippen LogP contribution in [0.2, 0.25) is 0 Å². The van der Waals surface area contributed by atoms with Gasteiger partial charge in [-0.1, -0.05) is 5.18 Å². The molecule has 1 rings (SSSR count). The number of halogens is 1. The Labute approximate surface area is 97.0 Å². The van der Waals surface area contributed by atoms with E-state index in [1.165, 1.54) is 3.57 Å². The Hall–Kier alpha value is -0.650. The van der Waals surface area contributed by atoms with E-state index in [1.54, 1.807) is 6.92 Å². The fraction of sp³-hybridized carbons (Fsp3) is 0.400. The third kappa shape index (κ3) is 3.25. The van der Waals surface area contributed by atoms with Crippen molar-refractivity contribution >= 4 is 22.6 Å². The molecule has 0 amide bonds. The van der Waals surface area contributed by atoms with E-state index < -0.39 is 0 Å². The Morgan fingerprint density at radius 1 is 1.57 bits per heavy atom. The van der Waals surface area contributed by atoms with Crippen molar-refractivity contribution in [3.8, 4) is 5.75 Å². The molecule has 4 heteroatoms. The first kappa shape index (κ1) is 11.4. The van der Waals surface area contributed by atoms with Crippen LogP contribution in [-0.4, -0.2) is 12.6 Å². The van der Waals surface area contributed by atoms with Gasteiger partial charge in [0.2, 0.25) is 0 Å². The number of rotatable bonds is 4. The van der Waals surface area contributed by atoms with Gasteiger partial charge in [-0.25, -0.2) is 0 Å². The summed E-state index contributed by atoms with van der Waals surface area (Å²) in [6.07, 6.45) is 0. The molecule has 0 aromatic heterocycles. The Balaban J connectivity index is 2.63. The average molecular weight is 305 g/mol. The van der Waals surface area contributed by atoms with Crippen molar-refractivity contribution < 1.29 is 4.74 Å². The molecule has 0 saturated carbocycles. The summed E-state index contributed by atoms with van der Waals surface area (Å²) < 4.78 is 6.62. The zero-order valence-corrected chi connectivity index (χ0v) is 10.3. The highest BCUT2D eigenvalue weighted by molar-refractivity contribution is 14.1. The summed E-state index contributed by atoms with van der Waals surface area (Å²) in [4.78, 5) is 10.1. The largest absolute Gasteiger partial charge is 0.491 e. The van der Waals surface area contributed by atoms with E-state index in [-0.39, 0.29) is 6.04 Å². The summed E-state index contributed by atoms with van der Waals surface area (Å²) >= 11 is 2.25. The lowest BCUT2D eigenvalue weighted by Gasteiger charge is -2.09. The van der Waals surface area contributed by atoms with Gasteiger partial charge in [-0.2, -0.15) is 4.91 Å². The Morgan fingerprint density at radius 2 is 2.29 bits per heavy atom. The number of nitrogens with zero attached hydrogens (tertiary/aromatic N) is 1. The predicted molar refractivity (Wildman–Crippen MR) is 64.6 cm³/mol. The number of hydrogen-bond acceptors (Lipinski definition) is 3. The van der Waals surface area contributed by atoms with Crippen molar-refractivity contribution in [2.45, 2.75) is 19.9 Å². The second-order valence-corrected chi connectivity index (χ2v) is 4.42. The number of ether oxygens (including phenoxy) is 1. The lowest BCUT2D eigenvalue weighted by molar-refractivity contribution is 0.294. The molecule has 3 nitrogen and oxygen atoms in total. The van der Waals surface area contributed by atoms with E-state index in [0.29, 0.717) is 6.61 Å². The third-order valence-corrected chi connectivity index (χ3v) is 2.47. The van der Waals surface area contributed by atoms with Gasteiger partial charge in [-0.05, 0) is 60.2 Å². The van der Waals surface area contributed by atoms with Crippen molar-refractivity contribution in [1.29, 1.82) is 0 Å². The fourth-order valence-corrected chi connectivity index (χ4v) is 1.66. The monoisotopic (exact) mass is 305 g/mol. The molecule has 14 heavy (non-hydrogen) atoms. The molecule has 0 N–H and O–H groups in total. The van der Waals surface area contributed by atoms with Crippen LogP contribution in [0.1, 0.15) is 12.5 Å². The molecule has 76 valence electrons. The molecular weight excluding hydrogens is 293 g/mol. The quantitative estimate of drug-likeness (QED) is 0.633. The van der Waals surface area contributed by atoms with Gasteiger partial charge in [-0.3, -0.25) is 0 Å². The van der Waals surface area contributed by atoms with Crippen molar-refractivity contribution in [1.82, 2.24) is 0 Å². The zero-order chi connectivity index (χ0) is 10.6. The number of hydrogen-bond donors (Lipinski definition) is 0. The number of nitroso groups, excluding NO2 is 1. The van der Waals surface area contributed by atoms with E-state index in [2.05, 4.69) is 27.8 Å². The van der Waals surface area contributed by atoms with Crippen LogP contribution < -0.4 is 4.74 Å². The molecule has 0 aliphatic rings. The number of benzene rings is 1. The van der Waals surface area contributed by atoms with Crippen LogP contribution in [0.5, 0.6) is 5.75 Å². The summed E-state index contributed by atoms with van der Waals surface area (Å²) in [7, 11) is 0. The third-order valence-electron chi connectivity index (χ3n) is 1.80. The Bertz CT molecular complexity index is 328. The molecule has 1 unspecified atom stereocenters. The van der Waals surface area contributed by atoms with Crippen LogP contribution in [0, 0.1) is 15.4 Å². The van der Waals surface area contributed by atoms with Crippen LogP contribution in [0.3, 0.4) is 0 Å². The second kappa shape index (κ2) is 5.29. The lowest BCUT2D eigenvalue weighted by atomic mass is 10.2. The average Bonchev–Trinajstić information content (AvgIpc) is 2.16. The molecule has 0 spiro atoms. The zero-order valence-electron chi connectivity index (χ0n) is 8.16. The maximum Gasteiger partial charge on any atom is 0.123 e. The highest BCUT2D eigenvalue weighted by Gasteiger charge is 2.04. The maximum absolute atomic E-state index is 10.1. The van der Waals surface area contributed by atoms with Gasteiger partial charge >= 0.3 is 0 Å². The maximum atomic E-state index is 10.1. The van der Waals surface area contributed by atoms with E-state index in [9.17, 15) is 4.91 Å². The molecule has 0 heterocycles. The Kier molecular flexibility index (Phi) is 4.31. The van der Waals surface area contributed by atoms with Gasteiger partial charge in [-0.15, -0.1) is 0 Å². The van der Waals surface area contributed by atoms with Gasteiger partial charge in [0.15, 0.2) is 0 Å². The van der Waals surface area contributed by atoms with Crippen molar-refractivity contribution in [2.24, 2.45) is 5.18 Å². The molecule has 0 aliphatic carbocycles. The summed E-state index contributed by atoms with van der Waals surface area (Å²) in [5.74, 6) is 0.820. The first-order valence-corrected chi connectivity index (χ1v) is 5.42. The van der Waals surface area contributed by atoms with Crippen LogP contribution in [0.15, 0.2) is 23.4 Å². The predicted octanol–water partition coefficient (Wildman–Crippen LogP) is 3.13. The first-order valence-electron chi connectivity index (χ1n) is 4.35. The van der Waals surface area contributed by atoms with Gasteiger partial charge in [0.25, 0.3) is 0 Å². The van der Waals surface area contributed by atoms with E-state index in [0.717, 1.165) is 11.3 Å². The molecular formula is C10H12INO2. The second-order valence-electron chi connectivity index (χ2n) is 3.18. The SMILES string of the molecule is Cc1cc(I)ccc1OCC(C)N=O. The summed E-state index contributed by atoms with van der Waals surface area (Å²) in [5, 5.41) is 2.87. The van der Waals surface area contributed by atoms with Crippen LogP contribution >= 0.6 is 22.6 Å². The van der Waals surface area contributed by atoms with E-state index in [1.807, 2.05) is 25.1 Å². The summed E-state index contributed by atoms with van der Waals surface area (Å²) in [5.41, 5.74) is 1.08. The van der Waals surface area contributed by atoms with Crippen LogP contribution in [0.4, 0.5) is 0 Å². The summed E-state index contributed by atoms with van der Waals surface area (Å²) in [6.45, 7) is 4.05.